The maximum Gasteiger partial charge on any atom is 0.338 e. The Hall–Kier alpha value is -3.13. The zero-order valence-electron chi connectivity index (χ0n) is 12.0. The number of benzene rings is 2. The highest BCUT2D eigenvalue weighted by atomic mass is 16.5. The average Bonchev–Trinajstić information content (AvgIpc) is 2.54. The molecule has 0 saturated heterocycles. The second kappa shape index (κ2) is 7.04. The number of nitrogens with zero attached hydrogens (tertiary/aromatic N) is 1. The van der Waals surface area contributed by atoms with Gasteiger partial charge in [0, 0.05) is 0 Å². The third-order valence-corrected chi connectivity index (χ3v) is 2.94. The van der Waals surface area contributed by atoms with Gasteiger partial charge in [-0.05, 0) is 31.2 Å². The number of para-hydroxylation sites is 1. The molecule has 0 aliphatic heterocycles. The maximum absolute atomic E-state index is 11.8. The van der Waals surface area contributed by atoms with E-state index in [4.69, 9.17) is 10.00 Å². The van der Waals surface area contributed by atoms with Crippen molar-refractivity contribution in [2.75, 3.05) is 11.9 Å². The summed E-state index contributed by atoms with van der Waals surface area (Å²) >= 11 is 0. The van der Waals surface area contributed by atoms with Crippen LogP contribution in [0.25, 0.3) is 0 Å². The predicted molar refractivity (Wildman–Crippen MR) is 81.2 cm³/mol. The van der Waals surface area contributed by atoms with Crippen LogP contribution in [0.15, 0.2) is 48.5 Å². The van der Waals surface area contributed by atoms with Gasteiger partial charge >= 0.3 is 5.97 Å². The first-order valence-corrected chi connectivity index (χ1v) is 6.63. The monoisotopic (exact) mass is 294 g/mol. The smallest absolute Gasteiger partial charge is 0.338 e. The van der Waals surface area contributed by atoms with Gasteiger partial charge in [-0.25, -0.2) is 4.79 Å². The molecule has 110 valence electrons. The minimum atomic E-state index is -0.566. The quantitative estimate of drug-likeness (QED) is 0.879. The van der Waals surface area contributed by atoms with Crippen molar-refractivity contribution in [3.8, 4) is 6.07 Å². The van der Waals surface area contributed by atoms with Gasteiger partial charge in [-0.1, -0.05) is 29.8 Å². The van der Waals surface area contributed by atoms with Crippen LogP contribution in [0.1, 0.15) is 21.5 Å². The largest absolute Gasteiger partial charge is 0.452 e. The molecule has 22 heavy (non-hydrogen) atoms. The van der Waals surface area contributed by atoms with Crippen LogP contribution in [-0.2, 0) is 9.53 Å². The standard InChI is InChI=1S/C17H14N2O3/c1-12-6-8-13(9-7-12)17(21)22-11-16(20)19-15-5-3-2-4-14(15)10-18/h2-9H,11H2,1H3,(H,19,20). The Morgan fingerprint density at radius 2 is 1.82 bits per heavy atom. The van der Waals surface area contributed by atoms with E-state index in [1.807, 2.05) is 13.0 Å². The number of nitrogens with one attached hydrogen (secondary N) is 1. The lowest BCUT2D eigenvalue weighted by molar-refractivity contribution is -0.119. The molecule has 0 aromatic heterocycles. The van der Waals surface area contributed by atoms with Crippen molar-refractivity contribution < 1.29 is 14.3 Å². The summed E-state index contributed by atoms with van der Waals surface area (Å²) in [6.07, 6.45) is 0. The van der Waals surface area contributed by atoms with Gasteiger partial charge in [0.15, 0.2) is 6.61 Å². The molecule has 1 N–H and O–H groups in total. The highest BCUT2D eigenvalue weighted by Gasteiger charge is 2.11. The molecule has 5 heteroatoms. The zero-order chi connectivity index (χ0) is 15.9. The Bertz CT molecular complexity index is 730. The minimum Gasteiger partial charge on any atom is -0.452 e. The number of esters is 1. The fourth-order valence-electron chi connectivity index (χ4n) is 1.78. The SMILES string of the molecule is Cc1ccc(C(=O)OCC(=O)Nc2ccccc2C#N)cc1. The lowest BCUT2D eigenvalue weighted by Crippen LogP contribution is -2.21. The molecule has 0 unspecified atom stereocenters. The zero-order valence-corrected chi connectivity index (χ0v) is 12.0. The number of rotatable bonds is 4. The molecule has 0 saturated carbocycles. The number of aryl methyl sites for hydroxylation is 1. The molecule has 1 amide bonds. The number of ether oxygens (including phenoxy) is 1. The molecule has 0 aliphatic rings. The molecule has 0 bridgehead atoms. The summed E-state index contributed by atoms with van der Waals surface area (Å²) < 4.78 is 4.94. The lowest BCUT2D eigenvalue weighted by Gasteiger charge is -2.08. The first-order valence-electron chi connectivity index (χ1n) is 6.63. The number of carbonyl (C=O) groups excluding carboxylic acids is 2. The van der Waals surface area contributed by atoms with Crippen molar-refractivity contribution in [3.63, 3.8) is 0 Å². The van der Waals surface area contributed by atoms with E-state index in [9.17, 15) is 9.59 Å². The van der Waals surface area contributed by atoms with E-state index < -0.39 is 18.5 Å². The van der Waals surface area contributed by atoms with Crippen molar-refractivity contribution in [1.29, 1.82) is 5.26 Å². The fraction of sp³-hybridized carbons (Fsp3) is 0.118. The van der Waals surface area contributed by atoms with Gasteiger partial charge in [0.2, 0.25) is 0 Å². The highest BCUT2D eigenvalue weighted by Crippen LogP contribution is 2.13. The fourth-order valence-corrected chi connectivity index (χ4v) is 1.78. The van der Waals surface area contributed by atoms with Crippen molar-refractivity contribution in [2.45, 2.75) is 6.92 Å². The third kappa shape index (κ3) is 3.93. The van der Waals surface area contributed by atoms with Crippen LogP contribution in [0.2, 0.25) is 0 Å². The minimum absolute atomic E-state index is 0.348. The van der Waals surface area contributed by atoms with Crippen LogP contribution in [0.3, 0.4) is 0 Å². The van der Waals surface area contributed by atoms with Gasteiger partial charge in [0.1, 0.15) is 6.07 Å². The molecule has 2 aromatic rings. The van der Waals surface area contributed by atoms with Crippen LogP contribution >= 0.6 is 0 Å². The van der Waals surface area contributed by atoms with E-state index in [1.165, 1.54) is 0 Å². The van der Waals surface area contributed by atoms with E-state index in [1.54, 1.807) is 48.5 Å². The number of hydrogen-bond acceptors (Lipinski definition) is 4. The van der Waals surface area contributed by atoms with Crippen LogP contribution in [0.4, 0.5) is 5.69 Å². The molecule has 0 aliphatic carbocycles. The first-order chi connectivity index (χ1) is 10.6. The van der Waals surface area contributed by atoms with Crippen LogP contribution in [-0.4, -0.2) is 18.5 Å². The molecule has 0 radical (unpaired) electrons. The number of anilines is 1. The molecule has 0 spiro atoms. The Balaban J connectivity index is 1.91. The topological polar surface area (TPSA) is 79.2 Å². The summed E-state index contributed by atoms with van der Waals surface area (Å²) in [6.45, 7) is 1.50. The Morgan fingerprint density at radius 1 is 1.14 bits per heavy atom. The van der Waals surface area contributed by atoms with Crippen LogP contribution in [0.5, 0.6) is 0 Å². The summed E-state index contributed by atoms with van der Waals surface area (Å²) in [5.74, 6) is -1.06. The molecule has 5 nitrogen and oxygen atoms in total. The Kier molecular flexibility index (Phi) is 4.89. The highest BCUT2D eigenvalue weighted by molar-refractivity contribution is 5.96. The molecule has 0 atom stereocenters. The van der Waals surface area contributed by atoms with Gasteiger partial charge in [-0.3, -0.25) is 4.79 Å². The molecular formula is C17H14N2O3. The summed E-state index contributed by atoms with van der Waals surface area (Å²) in [4.78, 5) is 23.6. The van der Waals surface area contributed by atoms with Crippen LogP contribution in [0, 0.1) is 18.3 Å². The second-order valence-electron chi connectivity index (χ2n) is 4.65. The molecular weight excluding hydrogens is 280 g/mol. The number of amides is 1. The Morgan fingerprint density at radius 3 is 2.50 bits per heavy atom. The number of carbonyl (C=O) groups is 2. The van der Waals surface area contributed by atoms with Crippen LogP contribution < -0.4 is 5.32 Å². The summed E-state index contributed by atoms with van der Waals surface area (Å²) in [5, 5.41) is 11.5. The predicted octanol–water partition coefficient (Wildman–Crippen LogP) is 2.66. The average molecular weight is 294 g/mol. The summed E-state index contributed by atoms with van der Waals surface area (Å²) in [5.41, 5.74) is 2.15. The van der Waals surface area contributed by atoms with Gasteiger partial charge in [-0.15, -0.1) is 0 Å². The second-order valence-corrected chi connectivity index (χ2v) is 4.65. The van der Waals surface area contributed by atoms with Gasteiger partial charge < -0.3 is 10.1 Å². The van der Waals surface area contributed by atoms with Gasteiger partial charge in [0.05, 0.1) is 16.8 Å². The van der Waals surface area contributed by atoms with Crippen molar-refractivity contribution in [2.24, 2.45) is 0 Å². The number of nitriles is 1. The van der Waals surface area contributed by atoms with E-state index in [2.05, 4.69) is 5.32 Å². The number of hydrogen-bond donors (Lipinski definition) is 1. The van der Waals surface area contributed by atoms with Gasteiger partial charge in [0.25, 0.3) is 5.91 Å². The molecule has 0 fully saturated rings. The third-order valence-electron chi connectivity index (χ3n) is 2.94. The summed E-state index contributed by atoms with van der Waals surface area (Å²) in [6, 6.07) is 15.4. The van der Waals surface area contributed by atoms with E-state index in [-0.39, 0.29) is 0 Å². The summed E-state index contributed by atoms with van der Waals surface area (Å²) in [7, 11) is 0. The maximum atomic E-state index is 11.8. The van der Waals surface area contributed by atoms with Crippen molar-refractivity contribution in [1.82, 2.24) is 0 Å². The molecule has 2 aromatic carbocycles. The molecule has 0 heterocycles. The van der Waals surface area contributed by atoms with E-state index in [0.717, 1.165) is 5.56 Å². The van der Waals surface area contributed by atoms with Crippen molar-refractivity contribution >= 4 is 17.6 Å². The lowest BCUT2D eigenvalue weighted by atomic mass is 10.1. The van der Waals surface area contributed by atoms with E-state index >= 15 is 0 Å². The van der Waals surface area contributed by atoms with Gasteiger partial charge in [-0.2, -0.15) is 5.26 Å². The normalized spacial score (nSPS) is 9.64. The van der Waals surface area contributed by atoms with Crippen molar-refractivity contribution in [3.05, 3.63) is 65.2 Å². The first kappa shape index (κ1) is 15.3. The van der Waals surface area contributed by atoms with E-state index in [0.29, 0.717) is 16.8 Å². The molecule has 2 rings (SSSR count). The Labute approximate surface area is 128 Å².